The highest BCUT2D eigenvalue weighted by Crippen LogP contribution is 2.35. The molecule has 0 bridgehead atoms. The van der Waals surface area contributed by atoms with Crippen LogP contribution in [0.5, 0.6) is 11.5 Å². The van der Waals surface area contributed by atoms with Crippen LogP contribution < -0.4 is 9.47 Å². The average molecular weight is 365 g/mol. The van der Waals surface area contributed by atoms with Gasteiger partial charge < -0.3 is 19.3 Å². The quantitative estimate of drug-likeness (QED) is 0.687. The Hall–Kier alpha value is -2.12. The Morgan fingerprint density at radius 1 is 1.28 bits per heavy atom. The van der Waals surface area contributed by atoms with Crippen LogP contribution in [0.1, 0.15) is 35.6 Å². The molecule has 1 heterocycles. The molecule has 0 spiro atoms. The standard InChI is InChI=1S/C18H23NO5S/c1-4-6-15-16(18(21)23-5-2)19-17(25-15)12-7-8-13(22-3)14(11-12)24-10-9-20/h7-8,11,20H,4-6,9-10H2,1-3H3. The second-order valence-corrected chi connectivity index (χ2v) is 6.28. The van der Waals surface area contributed by atoms with Gasteiger partial charge in [0.2, 0.25) is 0 Å². The van der Waals surface area contributed by atoms with Crippen molar-refractivity contribution >= 4 is 17.3 Å². The fourth-order valence-corrected chi connectivity index (χ4v) is 3.46. The molecule has 6 nitrogen and oxygen atoms in total. The van der Waals surface area contributed by atoms with E-state index in [4.69, 9.17) is 19.3 Å². The summed E-state index contributed by atoms with van der Waals surface area (Å²) in [7, 11) is 1.56. The molecule has 136 valence electrons. The van der Waals surface area contributed by atoms with Crippen molar-refractivity contribution in [1.29, 1.82) is 0 Å². The van der Waals surface area contributed by atoms with Crippen molar-refractivity contribution in [1.82, 2.24) is 4.98 Å². The van der Waals surface area contributed by atoms with Crippen molar-refractivity contribution in [3.05, 3.63) is 28.8 Å². The Morgan fingerprint density at radius 3 is 2.72 bits per heavy atom. The maximum Gasteiger partial charge on any atom is 0.358 e. The van der Waals surface area contributed by atoms with Gasteiger partial charge in [0.1, 0.15) is 11.6 Å². The van der Waals surface area contributed by atoms with Gasteiger partial charge in [-0.25, -0.2) is 9.78 Å². The zero-order valence-electron chi connectivity index (χ0n) is 14.7. The smallest absolute Gasteiger partial charge is 0.358 e. The summed E-state index contributed by atoms with van der Waals surface area (Å²) >= 11 is 1.48. The third-order valence-electron chi connectivity index (χ3n) is 3.40. The van der Waals surface area contributed by atoms with Crippen LogP contribution in [0.25, 0.3) is 10.6 Å². The number of rotatable bonds is 9. The molecule has 0 atom stereocenters. The summed E-state index contributed by atoms with van der Waals surface area (Å²) in [5, 5.41) is 9.69. The largest absolute Gasteiger partial charge is 0.493 e. The summed E-state index contributed by atoms with van der Waals surface area (Å²) in [6.45, 7) is 4.24. The van der Waals surface area contributed by atoms with Crippen molar-refractivity contribution in [2.75, 3.05) is 26.9 Å². The number of aryl methyl sites for hydroxylation is 1. The van der Waals surface area contributed by atoms with Crippen LogP contribution in [0.2, 0.25) is 0 Å². The van der Waals surface area contributed by atoms with E-state index in [1.807, 2.05) is 6.07 Å². The van der Waals surface area contributed by atoms with Crippen molar-refractivity contribution in [3.63, 3.8) is 0 Å². The van der Waals surface area contributed by atoms with Crippen LogP contribution in [-0.4, -0.2) is 43.0 Å². The number of hydrogen-bond acceptors (Lipinski definition) is 7. The topological polar surface area (TPSA) is 77.9 Å². The highest BCUT2D eigenvalue weighted by atomic mass is 32.1. The minimum absolute atomic E-state index is 0.0850. The third kappa shape index (κ3) is 4.70. The van der Waals surface area contributed by atoms with Gasteiger partial charge >= 0.3 is 5.97 Å². The van der Waals surface area contributed by atoms with Crippen molar-refractivity contribution < 1.29 is 24.1 Å². The summed E-state index contributed by atoms with van der Waals surface area (Å²) in [6.07, 6.45) is 1.69. The van der Waals surface area contributed by atoms with Gasteiger partial charge in [0.05, 0.1) is 20.3 Å². The van der Waals surface area contributed by atoms with E-state index in [1.54, 1.807) is 26.2 Å². The lowest BCUT2D eigenvalue weighted by Crippen LogP contribution is -2.07. The van der Waals surface area contributed by atoms with E-state index in [-0.39, 0.29) is 13.2 Å². The number of nitrogens with zero attached hydrogens (tertiary/aromatic N) is 1. The Kier molecular flexibility index (Phi) is 7.21. The predicted molar refractivity (Wildman–Crippen MR) is 96.6 cm³/mol. The van der Waals surface area contributed by atoms with Crippen LogP contribution in [-0.2, 0) is 11.2 Å². The lowest BCUT2D eigenvalue weighted by atomic mass is 10.2. The normalized spacial score (nSPS) is 10.6. The first-order valence-electron chi connectivity index (χ1n) is 8.23. The van der Waals surface area contributed by atoms with E-state index in [0.29, 0.717) is 23.8 Å². The number of ether oxygens (including phenoxy) is 3. The maximum atomic E-state index is 12.1. The molecule has 0 saturated carbocycles. The number of hydrogen-bond donors (Lipinski definition) is 1. The molecule has 0 aliphatic rings. The second kappa shape index (κ2) is 9.39. The molecule has 7 heteroatoms. The molecule has 2 rings (SSSR count). The third-order valence-corrected chi connectivity index (χ3v) is 4.57. The van der Waals surface area contributed by atoms with Crippen LogP contribution in [0.4, 0.5) is 0 Å². The van der Waals surface area contributed by atoms with E-state index < -0.39 is 5.97 Å². The molecule has 1 N–H and O–H groups in total. The molecular formula is C18H23NO5S. The number of aliphatic hydroxyl groups is 1. The number of aliphatic hydroxyl groups excluding tert-OH is 1. The Morgan fingerprint density at radius 2 is 2.08 bits per heavy atom. The first kappa shape index (κ1) is 19.2. The van der Waals surface area contributed by atoms with Crippen molar-refractivity contribution in [3.8, 4) is 22.1 Å². The number of carbonyl (C=O) groups is 1. The molecule has 1 aromatic heterocycles. The van der Waals surface area contributed by atoms with Gasteiger partial charge in [0.25, 0.3) is 0 Å². The maximum absolute atomic E-state index is 12.1. The number of aromatic nitrogens is 1. The Bertz CT molecular complexity index is 713. The van der Waals surface area contributed by atoms with E-state index >= 15 is 0 Å². The molecule has 1 aromatic carbocycles. The Balaban J connectivity index is 2.40. The number of benzene rings is 1. The highest BCUT2D eigenvalue weighted by molar-refractivity contribution is 7.15. The fourth-order valence-electron chi connectivity index (χ4n) is 2.31. The molecule has 0 amide bonds. The molecule has 25 heavy (non-hydrogen) atoms. The molecule has 0 saturated heterocycles. The number of esters is 1. The average Bonchev–Trinajstić information content (AvgIpc) is 3.04. The Labute approximate surface area is 151 Å². The monoisotopic (exact) mass is 365 g/mol. The van der Waals surface area contributed by atoms with Crippen molar-refractivity contribution in [2.45, 2.75) is 26.7 Å². The molecule has 0 aliphatic heterocycles. The molecule has 0 fully saturated rings. The summed E-state index contributed by atoms with van der Waals surface area (Å²) in [5.41, 5.74) is 1.21. The van der Waals surface area contributed by atoms with Crippen LogP contribution in [0.15, 0.2) is 18.2 Å². The van der Waals surface area contributed by atoms with Gasteiger partial charge in [0.15, 0.2) is 17.2 Å². The molecule has 0 radical (unpaired) electrons. The van der Waals surface area contributed by atoms with Gasteiger partial charge in [0, 0.05) is 10.4 Å². The zero-order valence-corrected chi connectivity index (χ0v) is 15.5. The minimum atomic E-state index is -0.390. The lowest BCUT2D eigenvalue weighted by Gasteiger charge is -2.10. The van der Waals surface area contributed by atoms with Gasteiger partial charge in [-0.3, -0.25) is 0 Å². The molecule has 2 aromatic rings. The molecule has 0 unspecified atom stereocenters. The van der Waals surface area contributed by atoms with Crippen LogP contribution >= 0.6 is 11.3 Å². The summed E-state index contributed by atoms with van der Waals surface area (Å²) in [6, 6.07) is 5.46. The molecular weight excluding hydrogens is 342 g/mol. The lowest BCUT2D eigenvalue weighted by molar-refractivity contribution is 0.0519. The fraction of sp³-hybridized carbons (Fsp3) is 0.444. The summed E-state index contributed by atoms with van der Waals surface area (Å²) in [4.78, 5) is 17.6. The second-order valence-electron chi connectivity index (χ2n) is 5.20. The zero-order chi connectivity index (χ0) is 18.2. The van der Waals surface area contributed by atoms with E-state index in [1.165, 1.54) is 11.3 Å². The van der Waals surface area contributed by atoms with E-state index in [0.717, 1.165) is 28.3 Å². The predicted octanol–water partition coefficient (Wildman–Crippen LogP) is 3.32. The van der Waals surface area contributed by atoms with Crippen LogP contribution in [0.3, 0.4) is 0 Å². The first-order valence-corrected chi connectivity index (χ1v) is 9.05. The van der Waals surface area contributed by atoms with Gasteiger partial charge in [-0.15, -0.1) is 11.3 Å². The van der Waals surface area contributed by atoms with Crippen molar-refractivity contribution in [2.24, 2.45) is 0 Å². The summed E-state index contributed by atoms with van der Waals surface area (Å²) in [5.74, 6) is 0.714. The van der Waals surface area contributed by atoms with Gasteiger partial charge in [-0.2, -0.15) is 0 Å². The number of thiazole rings is 1. The minimum Gasteiger partial charge on any atom is -0.493 e. The van der Waals surface area contributed by atoms with Gasteiger partial charge in [-0.1, -0.05) is 13.3 Å². The number of methoxy groups -OCH3 is 1. The van der Waals surface area contributed by atoms with E-state index in [2.05, 4.69) is 11.9 Å². The van der Waals surface area contributed by atoms with E-state index in [9.17, 15) is 4.79 Å². The first-order chi connectivity index (χ1) is 12.1. The van der Waals surface area contributed by atoms with Crippen LogP contribution in [0, 0.1) is 0 Å². The number of carbonyl (C=O) groups excluding carboxylic acids is 1. The SMILES string of the molecule is CCCc1sc(-c2ccc(OC)c(OCCO)c2)nc1C(=O)OCC. The summed E-state index contributed by atoms with van der Waals surface area (Å²) < 4.78 is 15.9. The van der Waals surface area contributed by atoms with Gasteiger partial charge in [-0.05, 0) is 31.5 Å². The molecule has 0 aliphatic carbocycles. The highest BCUT2D eigenvalue weighted by Gasteiger charge is 2.20.